The lowest BCUT2D eigenvalue weighted by atomic mass is 10.1. The van der Waals surface area contributed by atoms with Gasteiger partial charge < -0.3 is 15.7 Å². The van der Waals surface area contributed by atoms with E-state index in [2.05, 4.69) is 25.8 Å². The van der Waals surface area contributed by atoms with E-state index in [1.807, 2.05) is 0 Å². The van der Waals surface area contributed by atoms with Crippen LogP contribution in [-0.2, 0) is 4.79 Å². The van der Waals surface area contributed by atoms with E-state index in [1.54, 1.807) is 37.3 Å². The van der Waals surface area contributed by atoms with Crippen molar-refractivity contribution in [1.82, 2.24) is 25.8 Å². The van der Waals surface area contributed by atoms with E-state index in [0.29, 0.717) is 11.4 Å². The van der Waals surface area contributed by atoms with Crippen LogP contribution in [0.3, 0.4) is 0 Å². The van der Waals surface area contributed by atoms with Gasteiger partial charge in [0, 0.05) is 0 Å². The van der Waals surface area contributed by atoms with Gasteiger partial charge in [0.05, 0.1) is 6.04 Å². The maximum Gasteiger partial charge on any atom is 0.330 e. The Hall–Kier alpha value is -2.90. The Balaban J connectivity index is 2.01. The lowest BCUT2D eigenvalue weighted by Crippen LogP contribution is -2.42. The van der Waals surface area contributed by atoms with E-state index >= 15 is 0 Å². The largest absolute Gasteiger partial charge is 0.479 e. The number of nitrogens with one attached hydrogen (secondary N) is 3. The first-order chi connectivity index (χ1) is 10.1. The number of benzene rings is 1. The number of aliphatic carboxylic acids is 1. The molecule has 2 aromatic rings. The summed E-state index contributed by atoms with van der Waals surface area (Å²) in [7, 11) is 0. The van der Waals surface area contributed by atoms with Crippen molar-refractivity contribution in [1.29, 1.82) is 0 Å². The normalized spacial score (nSPS) is 13.2. The van der Waals surface area contributed by atoms with Gasteiger partial charge in [0.1, 0.15) is 12.2 Å². The van der Waals surface area contributed by atoms with Crippen LogP contribution >= 0.6 is 0 Å². The molecule has 110 valence electrons. The number of carbonyl (C=O) groups excluding carboxylic acids is 1. The van der Waals surface area contributed by atoms with Crippen LogP contribution < -0.4 is 10.6 Å². The van der Waals surface area contributed by atoms with Crippen molar-refractivity contribution in [2.75, 3.05) is 0 Å². The number of H-pyrrole nitrogens is 1. The van der Waals surface area contributed by atoms with Crippen LogP contribution in [0.25, 0.3) is 0 Å². The predicted octanol–water partition coefficient (Wildman–Crippen LogP) is 0.991. The smallest absolute Gasteiger partial charge is 0.330 e. The number of urea groups is 1. The monoisotopic (exact) mass is 289 g/mol. The molecular weight excluding hydrogens is 274 g/mol. The highest BCUT2D eigenvalue weighted by Crippen LogP contribution is 2.13. The molecule has 0 saturated heterocycles. The fourth-order valence-corrected chi connectivity index (χ4v) is 1.79. The quantitative estimate of drug-likeness (QED) is 0.654. The van der Waals surface area contributed by atoms with E-state index in [-0.39, 0.29) is 0 Å². The molecule has 1 aromatic carbocycles. The van der Waals surface area contributed by atoms with Gasteiger partial charge in [-0.3, -0.25) is 5.10 Å². The molecule has 8 heteroatoms. The number of aromatic nitrogens is 3. The minimum absolute atomic E-state index is 0.419. The fraction of sp³-hybridized carbons (Fsp3) is 0.231. The molecule has 2 unspecified atom stereocenters. The number of nitrogens with zero attached hydrogens (tertiary/aromatic N) is 2. The first kappa shape index (κ1) is 14.5. The molecule has 8 nitrogen and oxygen atoms in total. The topological polar surface area (TPSA) is 120 Å². The summed E-state index contributed by atoms with van der Waals surface area (Å²) in [5.41, 5.74) is 0.493. The Labute approximate surface area is 120 Å². The van der Waals surface area contributed by atoms with Gasteiger partial charge in [-0.1, -0.05) is 30.3 Å². The van der Waals surface area contributed by atoms with Crippen LogP contribution in [0.5, 0.6) is 0 Å². The van der Waals surface area contributed by atoms with Gasteiger partial charge in [-0.05, 0) is 12.5 Å². The molecule has 2 atom stereocenters. The van der Waals surface area contributed by atoms with Gasteiger partial charge in [0.15, 0.2) is 6.04 Å². The summed E-state index contributed by atoms with van der Waals surface area (Å²) in [6, 6.07) is 6.33. The van der Waals surface area contributed by atoms with E-state index in [0.717, 1.165) is 0 Å². The van der Waals surface area contributed by atoms with Gasteiger partial charge in [0.2, 0.25) is 0 Å². The molecule has 0 saturated carbocycles. The minimum atomic E-state index is -1.14. The van der Waals surface area contributed by atoms with Crippen molar-refractivity contribution < 1.29 is 14.7 Å². The molecule has 0 aliphatic rings. The van der Waals surface area contributed by atoms with Crippen molar-refractivity contribution in [3.8, 4) is 0 Å². The Morgan fingerprint density at radius 2 is 1.95 bits per heavy atom. The third-order valence-electron chi connectivity index (χ3n) is 2.85. The average Bonchev–Trinajstić information content (AvgIpc) is 2.99. The molecule has 2 rings (SSSR count). The molecule has 0 bridgehead atoms. The van der Waals surface area contributed by atoms with Gasteiger partial charge in [-0.25, -0.2) is 14.6 Å². The zero-order valence-corrected chi connectivity index (χ0v) is 11.3. The van der Waals surface area contributed by atoms with Gasteiger partial charge in [0.25, 0.3) is 0 Å². The number of carboxylic acid groups (broad SMARTS) is 1. The first-order valence-corrected chi connectivity index (χ1v) is 6.28. The Kier molecular flexibility index (Phi) is 4.50. The predicted molar refractivity (Wildman–Crippen MR) is 73.3 cm³/mol. The SMILES string of the molecule is CC(NC(=O)NC(C(=O)O)c1ccccc1)c1ncn[nH]1. The van der Waals surface area contributed by atoms with E-state index in [9.17, 15) is 14.7 Å². The zero-order chi connectivity index (χ0) is 15.2. The van der Waals surface area contributed by atoms with Gasteiger partial charge in [-0.2, -0.15) is 5.10 Å². The second-order valence-corrected chi connectivity index (χ2v) is 4.39. The highest BCUT2D eigenvalue weighted by molar-refractivity contribution is 5.83. The summed E-state index contributed by atoms with van der Waals surface area (Å²) in [5.74, 6) is -0.652. The number of hydrogen-bond donors (Lipinski definition) is 4. The van der Waals surface area contributed by atoms with Crippen molar-refractivity contribution >= 4 is 12.0 Å². The van der Waals surface area contributed by atoms with Crippen molar-refractivity contribution in [2.24, 2.45) is 0 Å². The highest BCUT2D eigenvalue weighted by atomic mass is 16.4. The number of rotatable bonds is 5. The maximum atomic E-state index is 11.9. The van der Waals surface area contributed by atoms with Crippen LogP contribution in [-0.4, -0.2) is 32.3 Å². The summed E-state index contributed by atoms with van der Waals surface area (Å²) in [6.07, 6.45) is 1.33. The van der Waals surface area contributed by atoms with E-state index in [4.69, 9.17) is 0 Å². The standard InChI is InChI=1S/C13H15N5O3/c1-8(11-14-7-15-18-11)16-13(21)17-10(12(19)20)9-5-3-2-4-6-9/h2-8,10H,1H3,(H,19,20)(H,14,15,18)(H2,16,17,21). The number of hydrogen-bond acceptors (Lipinski definition) is 4. The summed E-state index contributed by atoms with van der Waals surface area (Å²) in [4.78, 5) is 27.1. The maximum absolute atomic E-state index is 11.9. The van der Waals surface area contributed by atoms with E-state index < -0.39 is 24.1 Å². The Bertz CT molecular complexity index is 600. The molecule has 1 heterocycles. The molecule has 0 fully saturated rings. The van der Waals surface area contributed by atoms with Crippen LogP contribution in [0.15, 0.2) is 36.7 Å². The average molecular weight is 289 g/mol. The lowest BCUT2D eigenvalue weighted by Gasteiger charge is -2.17. The second kappa shape index (κ2) is 6.51. The summed E-state index contributed by atoms with van der Waals surface area (Å²) in [5, 5.41) is 20.5. The highest BCUT2D eigenvalue weighted by Gasteiger charge is 2.22. The molecular formula is C13H15N5O3. The van der Waals surface area contributed by atoms with Crippen LogP contribution in [0.4, 0.5) is 4.79 Å². The minimum Gasteiger partial charge on any atom is -0.479 e. The first-order valence-electron chi connectivity index (χ1n) is 6.28. The Morgan fingerprint density at radius 1 is 1.24 bits per heavy atom. The Morgan fingerprint density at radius 3 is 2.52 bits per heavy atom. The van der Waals surface area contributed by atoms with Crippen molar-refractivity contribution in [3.63, 3.8) is 0 Å². The van der Waals surface area contributed by atoms with Crippen LogP contribution in [0.1, 0.15) is 30.4 Å². The molecule has 4 N–H and O–H groups in total. The molecule has 0 spiro atoms. The molecule has 1 aromatic heterocycles. The van der Waals surface area contributed by atoms with Gasteiger partial charge >= 0.3 is 12.0 Å². The second-order valence-electron chi connectivity index (χ2n) is 4.39. The fourth-order valence-electron chi connectivity index (χ4n) is 1.79. The number of carbonyl (C=O) groups is 2. The van der Waals surface area contributed by atoms with Crippen LogP contribution in [0.2, 0.25) is 0 Å². The van der Waals surface area contributed by atoms with E-state index in [1.165, 1.54) is 6.33 Å². The van der Waals surface area contributed by atoms with Gasteiger partial charge in [-0.15, -0.1) is 0 Å². The lowest BCUT2D eigenvalue weighted by molar-refractivity contribution is -0.139. The van der Waals surface area contributed by atoms with Crippen LogP contribution in [0, 0.1) is 0 Å². The third kappa shape index (κ3) is 3.78. The third-order valence-corrected chi connectivity index (χ3v) is 2.85. The molecule has 2 amide bonds. The number of carboxylic acids is 1. The number of amides is 2. The summed E-state index contributed by atoms with van der Waals surface area (Å²) >= 11 is 0. The molecule has 0 aliphatic carbocycles. The molecule has 0 radical (unpaired) electrons. The zero-order valence-electron chi connectivity index (χ0n) is 11.3. The molecule has 0 aliphatic heterocycles. The molecule has 21 heavy (non-hydrogen) atoms. The van der Waals surface area contributed by atoms with Crippen molar-refractivity contribution in [3.05, 3.63) is 48.0 Å². The summed E-state index contributed by atoms with van der Waals surface area (Å²) in [6.45, 7) is 1.71. The van der Waals surface area contributed by atoms with Crippen molar-refractivity contribution in [2.45, 2.75) is 19.0 Å². The number of aromatic amines is 1. The summed E-state index contributed by atoms with van der Waals surface area (Å²) < 4.78 is 0.